The highest BCUT2D eigenvalue weighted by Gasteiger charge is 2.23. The molecule has 0 aliphatic heterocycles. The number of amides is 1. The zero-order chi connectivity index (χ0) is 24.3. The normalized spacial score (nSPS) is 18.4. The van der Waals surface area contributed by atoms with Crippen LogP contribution < -0.4 is 15.5 Å². The highest BCUT2D eigenvalue weighted by molar-refractivity contribution is 7.90. The van der Waals surface area contributed by atoms with Crippen molar-refractivity contribution in [2.45, 2.75) is 36.6 Å². The summed E-state index contributed by atoms with van der Waals surface area (Å²) in [5, 5.41) is 7.54. The minimum absolute atomic E-state index is 0.180. The van der Waals surface area contributed by atoms with Gasteiger partial charge in [-0.25, -0.2) is 13.4 Å². The number of nitrogens with one attached hydrogen (secondary N) is 2. The number of aromatic nitrogens is 2. The summed E-state index contributed by atoms with van der Waals surface area (Å²) in [6.07, 6.45) is 5.12. The van der Waals surface area contributed by atoms with Crippen molar-refractivity contribution in [1.82, 2.24) is 15.3 Å². The van der Waals surface area contributed by atoms with E-state index in [-0.39, 0.29) is 10.8 Å². The molecule has 0 atom stereocenters. The van der Waals surface area contributed by atoms with E-state index in [1.54, 1.807) is 12.1 Å². The molecule has 1 heterocycles. The van der Waals surface area contributed by atoms with Gasteiger partial charge in [-0.1, -0.05) is 12.1 Å². The van der Waals surface area contributed by atoms with Crippen LogP contribution in [0.25, 0.3) is 10.9 Å². The van der Waals surface area contributed by atoms with E-state index in [1.165, 1.54) is 12.1 Å². The number of hydrogen-bond donors (Lipinski definition) is 2. The van der Waals surface area contributed by atoms with Crippen LogP contribution in [0.3, 0.4) is 0 Å². The third kappa shape index (κ3) is 5.64. The number of anilines is 2. The molecule has 0 radical (unpaired) electrons. The summed E-state index contributed by atoms with van der Waals surface area (Å²) in [5.41, 5.74) is 1.39. The highest BCUT2D eigenvalue weighted by atomic mass is 32.2. The first kappa shape index (κ1) is 23.9. The first-order valence-corrected chi connectivity index (χ1v) is 13.4. The van der Waals surface area contributed by atoms with E-state index in [9.17, 15) is 13.2 Å². The molecule has 3 aromatic rings. The smallest absolute Gasteiger partial charge is 0.251 e. The number of para-hydroxylation sites is 1. The van der Waals surface area contributed by atoms with Gasteiger partial charge >= 0.3 is 0 Å². The number of carbonyl (C=O) groups is 1. The van der Waals surface area contributed by atoms with Crippen molar-refractivity contribution in [3.63, 3.8) is 0 Å². The van der Waals surface area contributed by atoms with E-state index in [1.807, 2.05) is 43.3 Å². The van der Waals surface area contributed by atoms with Crippen LogP contribution in [0.4, 0.5) is 11.8 Å². The second-order valence-electron chi connectivity index (χ2n) is 9.15. The molecule has 0 bridgehead atoms. The van der Waals surface area contributed by atoms with E-state index in [4.69, 9.17) is 9.97 Å². The van der Waals surface area contributed by atoms with Crippen molar-refractivity contribution >= 4 is 38.4 Å². The fraction of sp³-hybridized carbons (Fsp3) is 0.400. The van der Waals surface area contributed by atoms with E-state index in [0.29, 0.717) is 30.0 Å². The van der Waals surface area contributed by atoms with Crippen molar-refractivity contribution in [3.05, 3.63) is 54.1 Å². The summed E-state index contributed by atoms with van der Waals surface area (Å²) in [5.74, 6) is 1.78. The van der Waals surface area contributed by atoms with Gasteiger partial charge in [-0.3, -0.25) is 4.79 Å². The number of sulfone groups is 1. The quantitative estimate of drug-likeness (QED) is 0.532. The second kappa shape index (κ2) is 9.97. The molecule has 1 aromatic heterocycles. The highest BCUT2D eigenvalue weighted by Crippen LogP contribution is 2.28. The van der Waals surface area contributed by atoms with Gasteiger partial charge in [-0.05, 0) is 68.0 Å². The van der Waals surface area contributed by atoms with E-state index < -0.39 is 9.84 Å². The fourth-order valence-corrected chi connectivity index (χ4v) is 4.98. The van der Waals surface area contributed by atoms with Crippen molar-refractivity contribution in [3.8, 4) is 0 Å². The minimum atomic E-state index is -3.27. The van der Waals surface area contributed by atoms with Gasteiger partial charge < -0.3 is 15.5 Å². The Labute approximate surface area is 200 Å². The van der Waals surface area contributed by atoms with Crippen LogP contribution in [0.15, 0.2) is 53.4 Å². The Balaban J connectivity index is 1.30. The first-order chi connectivity index (χ1) is 16.2. The molecule has 1 aliphatic rings. The summed E-state index contributed by atoms with van der Waals surface area (Å²) in [7, 11) is 0.699. The predicted octanol–water partition coefficient (Wildman–Crippen LogP) is 3.50. The molecule has 2 N–H and O–H groups in total. The molecule has 9 heteroatoms. The Morgan fingerprint density at radius 3 is 2.32 bits per heavy atom. The summed E-state index contributed by atoms with van der Waals surface area (Å²) in [6.45, 7) is 0.608. The second-order valence-corrected chi connectivity index (χ2v) is 11.2. The van der Waals surface area contributed by atoms with Crippen LogP contribution in [0.2, 0.25) is 0 Å². The number of fused-ring (bicyclic) bond motifs is 1. The molecule has 0 unspecified atom stereocenters. The van der Waals surface area contributed by atoms with Crippen LogP contribution in [0.1, 0.15) is 36.0 Å². The molecule has 0 spiro atoms. The van der Waals surface area contributed by atoms with Gasteiger partial charge in [0.1, 0.15) is 5.82 Å². The number of hydrogen-bond acceptors (Lipinski definition) is 7. The summed E-state index contributed by atoms with van der Waals surface area (Å²) >= 11 is 0. The third-order valence-corrected chi connectivity index (χ3v) is 7.41. The summed E-state index contributed by atoms with van der Waals surface area (Å²) in [4.78, 5) is 24.1. The van der Waals surface area contributed by atoms with Crippen LogP contribution in [0, 0.1) is 5.92 Å². The van der Waals surface area contributed by atoms with Gasteiger partial charge in [0.25, 0.3) is 5.91 Å². The SMILES string of the molecule is CN(C)c1nc(N[C@H]2CC[C@@H](CNC(=O)c3ccc(S(C)(=O)=O)cc3)CC2)nc2ccccc12. The average molecular weight is 482 g/mol. The monoisotopic (exact) mass is 481 g/mol. The van der Waals surface area contributed by atoms with Gasteiger partial charge in [0, 0.05) is 43.9 Å². The molecule has 0 saturated heterocycles. The lowest BCUT2D eigenvalue weighted by molar-refractivity contribution is 0.0943. The number of rotatable bonds is 7. The van der Waals surface area contributed by atoms with Crippen LogP contribution in [0.5, 0.6) is 0 Å². The number of benzene rings is 2. The van der Waals surface area contributed by atoms with Crippen molar-refractivity contribution < 1.29 is 13.2 Å². The van der Waals surface area contributed by atoms with Gasteiger partial charge in [-0.2, -0.15) is 4.98 Å². The molecule has 8 nitrogen and oxygen atoms in total. The molecule has 1 fully saturated rings. The molecule has 4 rings (SSSR count). The van der Waals surface area contributed by atoms with E-state index in [0.717, 1.165) is 48.7 Å². The maximum absolute atomic E-state index is 12.5. The Hall–Kier alpha value is -3.20. The van der Waals surface area contributed by atoms with E-state index in [2.05, 4.69) is 10.6 Å². The number of carbonyl (C=O) groups excluding carboxylic acids is 1. The van der Waals surface area contributed by atoms with E-state index >= 15 is 0 Å². The maximum atomic E-state index is 12.5. The van der Waals surface area contributed by atoms with Crippen molar-refractivity contribution in [2.24, 2.45) is 5.92 Å². The average Bonchev–Trinajstić information content (AvgIpc) is 2.82. The van der Waals surface area contributed by atoms with Crippen LogP contribution in [-0.4, -0.2) is 57.2 Å². The molecule has 34 heavy (non-hydrogen) atoms. The van der Waals surface area contributed by atoms with Crippen molar-refractivity contribution in [1.29, 1.82) is 0 Å². The molecule has 180 valence electrons. The predicted molar refractivity (Wildman–Crippen MR) is 135 cm³/mol. The lowest BCUT2D eigenvalue weighted by Gasteiger charge is -2.29. The van der Waals surface area contributed by atoms with Gasteiger partial charge in [0.2, 0.25) is 5.95 Å². The Morgan fingerprint density at radius 2 is 1.68 bits per heavy atom. The maximum Gasteiger partial charge on any atom is 0.251 e. The largest absolute Gasteiger partial charge is 0.362 e. The molecule has 2 aromatic carbocycles. The Kier molecular flexibility index (Phi) is 7.02. The zero-order valence-corrected chi connectivity index (χ0v) is 20.6. The van der Waals surface area contributed by atoms with Crippen LogP contribution >= 0.6 is 0 Å². The molecular weight excluding hydrogens is 450 g/mol. The molecule has 1 aliphatic carbocycles. The molecular formula is C25H31N5O3S. The topological polar surface area (TPSA) is 104 Å². The van der Waals surface area contributed by atoms with Gasteiger partial charge in [-0.15, -0.1) is 0 Å². The van der Waals surface area contributed by atoms with Gasteiger partial charge in [0.05, 0.1) is 10.4 Å². The fourth-order valence-electron chi connectivity index (χ4n) is 4.35. The summed E-state index contributed by atoms with van der Waals surface area (Å²) in [6, 6.07) is 14.4. The molecule has 1 amide bonds. The van der Waals surface area contributed by atoms with Gasteiger partial charge in [0.15, 0.2) is 9.84 Å². The number of nitrogens with zero attached hydrogens (tertiary/aromatic N) is 3. The van der Waals surface area contributed by atoms with Crippen molar-refractivity contribution in [2.75, 3.05) is 37.1 Å². The zero-order valence-electron chi connectivity index (χ0n) is 19.8. The Morgan fingerprint density at radius 1 is 1.00 bits per heavy atom. The third-order valence-electron chi connectivity index (χ3n) is 6.28. The first-order valence-electron chi connectivity index (χ1n) is 11.5. The summed E-state index contributed by atoms with van der Waals surface area (Å²) < 4.78 is 23.2. The lowest BCUT2D eigenvalue weighted by Crippen LogP contribution is -2.34. The lowest BCUT2D eigenvalue weighted by atomic mass is 9.86. The van der Waals surface area contributed by atoms with Crippen LogP contribution in [-0.2, 0) is 9.84 Å². The minimum Gasteiger partial charge on any atom is -0.362 e. The Bertz CT molecular complexity index is 1270. The standard InChI is InChI=1S/C25H31N5O3S/c1-30(2)23-21-6-4-5-7-22(21)28-25(29-23)27-19-12-8-17(9-13-19)16-26-24(31)18-10-14-20(15-11-18)34(3,32)33/h4-7,10-11,14-15,17,19H,8-9,12-13,16H2,1-3H3,(H,26,31)(H,27,28,29)/t17-,19+. The molecule has 1 saturated carbocycles.